The highest BCUT2D eigenvalue weighted by Crippen LogP contribution is 2.45. The van der Waals surface area contributed by atoms with E-state index in [0.29, 0.717) is 25.7 Å². The Balaban J connectivity index is 5.30. The summed E-state index contributed by atoms with van der Waals surface area (Å²) in [5.74, 6) is -1.36. The smallest absolute Gasteiger partial charge is 0.462 e. The highest BCUT2D eigenvalue weighted by molar-refractivity contribution is 7.47. The lowest BCUT2D eigenvalue weighted by Crippen LogP contribution is -2.30. The number of esters is 4. The summed E-state index contributed by atoms with van der Waals surface area (Å²) in [6.45, 7) is 7.26. The fourth-order valence-corrected chi connectivity index (χ4v) is 13.1. The summed E-state index contributed by atoms with van der Waals surface area (Å²) in [7, 11) is -9.93. The normalized spacial score (nSPS) is 14.1. The molecule has 5 atom stereocenters. The molecule has 97 heavy (non-hydrogen) atoms. The van der Waals surface area contributed by atoms with E-state index in [1.807, 2.05) is 0 Å². The van der Waals surface area contributed by atoms with Gasteiger partial charge >= 0.3 is 39.5 Å². The number of aliphatic hydroxyl groups excluding tert-OH is 1. The minimum absolute atomic E-state index is 0.0854. The van der Waals surface area contributed by atoms with Crippen LogP contribution >= 0.6 is 15.6 Å². The van der Waals surface area contributed by atoms with Gasteiger partial charge in [0.15, 0.2) is 12.2 Å². The van der Waals surface area contributed by atoms with E-state index in [1.54, 1.807) is 0 Å². The van der Waals surface area contributed by atoms with Crippen molar-refractivity contribution in [2.24, 2.45) is 5.92 Å². The largest absolute Gasteiger partial charge is 0.472 e. The average molecular weight is 1420 g/mol. The number of hydrogen-bond donors (Lipinski definition) is 3. The van der Waals surface area contributed by atoms with Crippen LogP contribution < -0.4 is 0 Å². The predicted molar refractivity (Wildman–Crippen MR) is 395 cm³/mol. The van der Waals surface area contributed by atoms with Crippen molar-refractivity contribution >= 4 is 39.5 Å². The van der Waals surface area contributed by atoms with Crippen molar-refractivity contribution in [1.82, 2.24) is 0 Å². The van der Waals surface area contributed by atoms with Crippen molar-refractivity contribution in [3.8, 4) is 0 Å². The molecule has 17 nitrogen and oxygen atoms in total. The first-order valence-electron chi connectivity index (χ1n) is 40.0. The van der Waals surface area contributed by atoms with Crippen LogP contribution in [0.4, 0.5) is 0 Å². The lowest BCUT2D eigenvalue weighted by atomic mass is 10.0. The second-order valence-corrected chi connectivity index (χ2v) is 30.8. The fraction of sp³-hybridized carbons (Fsp3) is 0.897. The van der Waals surface area contributed by atoms with Crippen LogP contribution in [0.25, 0.3) is 0 Å². The Labute approximate surface area is 592 Å². The second-order valence-electron chi connectivity index (χ2n) is 27.9. The van der Waals surface area contributed by atoms with E-state index < -0.39 is 97.5 Å². The van der Waals surface area contributed by atoms with Crippen LogP contribution in [0.3, 0.4) is 0 Å². The Hall–Kier alpha value is -2.46. The second kappa shape index (κ2) is 70.6. The van der Waals surface area contributed by atoms with E-state index in [-0.39, 0.29) is 25.7 Å². The van der Waals surface area contributed by atoms with E-state index in [4.69, 9.17) is 37.0 Å². The number of rotatable bonds is 76. The Morgan fingerprint density at radius 1 is 0.320 bits per heavy atom. The molecule has 0 aromatic rings. The van der Waals surface area contributed by atoms with Crippen molar-refractivity contribution in [2.45, 2.75) is 406 Å². The summed E-state index contributed by atoms with van der Waals surface area (Å²) >= 11 is 0. The van der Waals surface area contributed by atoms with E-state index in [9.17, 15) is 43.2 Å². The zero-order chi connectivity index (χ0) is 71.2. The molecule has 0 heterocycles. The lowest BCUT2D eigenvalue weighted by Gasteiger charge is -2.21. The molecule has 0 rings (SSSR count). The Morgan fingerprint density at radius 2 is 0.557 bits per heavy atom. The third-order valence-electron chi connectivity index (χ3n) is 17.7. The molecule has 0 aromatic carbocycles. The molecule has 2 unspecified atom stereocenters. The van der Waals surface area contributed by atoms with Crippen LogP contribution in [0.15, 0.2) is 24.3 Å². The van der Waals surface area contributed by atoms with Gasteiger partial charge in [0.05, 0.1) is 26.4 Å². The van der Waals surface area contributed by atoms with E-state index in [2.05, 4.69) is 58.9 Å². The van der Waals surface area contributed by atoms with Crippen LogP contribution in [-0.2, 0) is 65.4 Å². The number of carbonyl (C=O) groups is 4. The topological polar surface area (TPSA) is 237 Å². The van der Waals surface area contributed by atoms with Gasteiger partial charge in [0, 0.05) is 25.7 Å². The van der Waals surface area contributed by atoms with Crippen molar-refractivity contribution < 1.29 is 80.2 Å². The van der Waals surface area contributed by atoms with Crippen molar-refractivity contribution in [3.63, 3.8) is 0 Å². The third-order valence-corrected chi connectivity index (χ3v) is 19.6. The number of phosphoric ester groups is 2. The fourth-order valence-electron chi connectivity index (χ4n) is 11.5. The molecular weight excluding hydrogens is 1270 g/mol. The summed E-state index contributed by atoms with van der Waals surface area (Å²) in [5, 5.41) is 10.6. The summed E-state index contributed by atoms with van der Waals surface area (Å²) < 4.78 is 68.6. The molecule has 572 valence electrons. The van der Waals surface area contributed by atoms with Gasteiger partial charge in [-0.3, -0.25) is 37.3 Å². The van der Waals surface area contributed by atoms with Gasteiger partial charge in [0.2, 0.25) is 0 Å². The van der Waals surface area contributed by atoms with Crippen LogP contribution in [0, 0.1) is 5.92 Å². The predicted octanol–water partition coefficient (Wildman–Crippen LogP) is 22.8. The van der Waals surface area contributed by atoms with Gasteiger partial charge in [-0.05, 0) is 57.3 Å². The molecule has 0 aliphatic heterocycles. The first-order chi connectivity index (χ1) is 47.0. The Morgan fingerprint density at radius 3 is 0.845 bits per heavy atom. The highest BCUT2D eigenvalue weighted by Gasteiger charge is 2.30. The monoisotopic (exact) mass is 1420 g/mol. The Kier molecular flexibility index (Phi) is 68.8. The van der Waals surface area contributed by atoms with Crippen LogP contribution in [0.2, 0.25) is 0 Å². The minimum atomic E-state index is -4.97. The maximum absolute atomic E-state index is 13.1. The minimum Gasteiger partial charge on any atom is -0.462 e. The van der Waals surface area contributed by atoms with Crippen LogP contribution in [-0.4, -0.2) is 96.7 Å². The quantitative estimate of drug-likeness (QED) is 0.0169. The lowest BCUT2D eigenvalue weighted by molar-refractivity contribution is -0.161. The molecule has 0 radical (unpaired) electrons. The van der Waals surface area contributed by atoms with Gasteiger partial charge in [-0.2, -0.15) is 0 Å². The first-order valence-corrected chi connectivity index (χ1v) is 42.9. The number of hydrogen-bond acceptors (Lipinski definition) is 15. The molecule has 0 aromatic heterocycles. The summed E-state index contributed by atoms with van der Waals surface area (Å²) in [5.41, 5.74) is 0. The van der Waals surface area contributed by atoms with Gasteiger partial charge in [0.25, 0.3) is 0 Å². The van der Waals surface area contributed by atoms with E-state index >= 15 is 0 Å². The summed E-state index contributed by atoms with van der Waals surface area (Å²) in [4.78, 5) is 72.9. The first kappa shape index (κ1) is 94.5. The SMILES string of the molecule is CCCCCC/C=C\C=C/CCCCCCCC(=O)O[C@H](COC(=O)CCCCCCCCCCCCCCC(C)C)COP(=O)(O)OC[C@@H](O)COP(=O)(O)OC[C@@H](COC(=O)CCCCCCCCCCCCCCC)OC(=O)CCCCCCCCCCCCCCCC. The molecule has 0 aliphatic carbocycles. The Bertz CT molecular complexity index is 1950. The summed E-state index contributed by atoms with van der Waals surface area (Å²) in [6.07, 6.45) is 63.0. The third kappa shape index (κ3) is 71.7. The van der Waals surface area contributed by atoms with Crippen molar-refractivity contribution in [1.29, 1.82) is 0 Å². The molecule has 3 N–H and O–H groups in total. The molecule has 0 saturated heterocycles. The molecule has 0 amide bonds. The maximum atomic E-state index is 13.1. The molecule has 0 spiro atoms. The van der Waals surface area contributed by atoms with Crippen LogP contribution in [0.1, 0.15) is 388 Å². The van der Waals surface area contributed by atoms with E-state index in [1.165, 1.54) is 199 Å². The van der Waals surface area contributed by atoms with Gasteiger partial charge in [-0.1, -0.05) is 335 Å². The van der Waals surface area contributed by atoms with Crippen molar-refractivity contribution in [2.75, 3.05) is 39.6 Å². The van der Waals surface area contributed by atoms with Gasteiger partial charge in [0.1, 0.15) is 19.3 Å². The number of allylic oxidation sites excluding steroid dienone is 4. The van der Waals surface area contributed by atoms with Crippen LogP contribution in [0.5, 0.6) is 0 Å². The molecular formula is C78H148O17P2. The number of ether oxygens (including phenoxy) is 4. The van der Waals surface area contributed by atoms with Gasteiger partial charge < -0.3 is 33.8 Å². The number of carbonyl (C=O) groups excluding carboxylic acids is 4. The number of unbranched alkanes of at least 4 members (excludes halogenated alkanes) is 45. The molecule has 0 saturated carbocycles. The number of phosphoric acid groups is 2. The zero-order valence-corrected chi connectivity index (χ0v) is 64.5. The molecule has 0 fully saturated rings. The van der Waals surface area contributed by atoms with Gasteiger partial charge in [-0.15, -0.1) is 0 Å². The number of aliphatic hydroxyl groups is 1. The molecule has 0 bridgehead atoms. The standard InChI is InChI=1S/C78H148O17P2/c1-6-9-12-15-18-21-24-27-29-32-39-44-49-54-59-64-78(83)95-74(68-89-76(81)62-57-52-47-42-37-34-33-35-40-45-50-55-60-71(4)5)70-93-97(86,87)91-66-72(79)65-90-96(84,85)92-69-73(67-88-75(80)61-56-51-46-41-36-30-26-23-20-17-14-11-8-3)94-77(82)63-58-53-48-43-38-31-28-25-22-19-16-13-10-7-2/h21,24,27,29,71-74,79H,6-20,22-23,25-26,28,30-70H2,1-5H3,(H,84,85)(H,86,87)/b24-21-,29-27-/t72-,73+,74+/m0/s1. The highest BCUT2D eigenvalue weighted by atomic mass is 31.2. The molecule has 19 heteroatoms. The van der Waals surface area contributed by atoms with Crippen molar-refractivity contribution in [3.05, 3.63) is 24.3 Å². The zero-order valence-electron chi connectivity index (χ0n) is 62.7. The average Bonchev–Trinajstić information content (AvgIpc) is 1.79. The maximum Gasteiger partial charge on any atom is 0.472 e. The van der Waals surface area contributed by atoms with Gasteiger partial charge in [-0.25, -0.2) is 9.13 Å². The molecule has 0 aliphatic rings. The summed E-state index contributed by atoms with van der Waals surface area (Å²) in [6, 6.07) is 0. The van der Waals surface area contributed by atoms with E-state index in [0.717, 1.165) is 109 Å².